The highest BCUT2D eigenvalue weighted by atomic mass is 35.5. The molecule has 10 heteroatoms. The summed E-state index contributed by atoms with van der Waals surface area (Å²) in [6, 6.07) is 15.6. The molecule has 0 saturated carbocycles. The molecule has 0 aliphatic carbocycles. The van der Waals surface area contributed by atoms with Crippen LogP contribution in [0.2, 0.25) is 10.0 Å². The van der Waals surface area contributed by atoms with Crippen LogP contribution in [0.4, 0.5) is 4.79 Å². The molecule has 2 saturated heterocycles. The maximum absolute atomic E-state index is 13.0. The van der Waals surface area contributed by atoms with Crippen molar-refractivity contribution in [2.75, 3.05) is 46.3 Å². The summed E-state index contributed by atoms with van der Waals surface area (Å²) < 4.78 is 0. The van der Waals surface area contributed by atoms with E-state index in [-0.39, 0.29) is 42.7 Å². The molecule has 6 nitrogen and oxygen atoms in total. The Balaban J connectivity index is 0.00000241. The number of likely N-dealkylation sites (tertiary alicyclic amines) is 1. The molecule has 2 aliphatic rings. The molecule has 3 amide bonds. The highest BCUT2D eigenvalue weighted by Crippen LogP contribution is 2.30. The minimum atomic E-state index is 0. The summed E-state index contributed by atoms with van der Waals surface area (Å²) >= 11 is 12.5. The van der Waals surface area contributed by atoms with Crippen LogP contribution in [0.25, 0.3) is 0 Å². The van der Waals surface area contributed by atoms with Gasteiger partial charge in [0.05, 0.1) is 10.0 Å². The fraction of sp³-hybridized carbons (Fsp3) is 0.481. The minimum Gasteiger partial charge on any atom is -0.341 e. The number of halogens is 4. The van der Waals surface area contributed by atoms with Gasteiger partial charge < -0.3 is 20.0 Å². The van der Waals surface area contributed by atoms with Gasteiger partial charge in [-0.15, -0.1) is 24.8 Å². The van der Waals surface area contributed by atoms with E-state index in [0.717, 1.165) is 64.0 Å². The van der Waals surface area contributed by atoms with E-state index in [0.29, 0.717) is 28.2 Å². The van der Waals surface area contributed by atoms with Crippen LogP contribution in [-0.2, 0) is 0 Å². The monoisotopic (exact) mass is 588 g/mol. The maximum atomic E-state index is 13.0. The van der Waals surface area contributed by atoms with Crippen LogP contribution in [0.1, 0.15) is 47.5 Å². The lowest BCUT2D eigenvalue weighted by molar-refractivity contribution is 0.0778. The fourth-order valence-corrected chi connectivity index (χ4v) is 5.44. The Kier molecular flexibility index (Phi) is 12.8. The van der Waals surface area contributed by atoms with E-state index < -0.39 is 0 Å². The molecule has 0 radical (unpaired) electrons. The zero-order chi connectivity index (χ0) is 24.8. The molecule has 1 atom stereocenters. The lowest BCUT2D eigenvalue weighted by atomic mass is 9.93. The fourth-order valence-electron chi connectivity index (χ4n) is 5.13. The summed E-state index contributed by atoms with van der Waals surface area (Å²) in [5.41, 5.74) is 1.78. The standard InChI is InChI=1S/C27H34Cl2N4O2.2ClH/c1-31(26(34)20-6-3-2-4-7-20)19-22(21-8-9-24(28)25(29)18-21)10-15-32-16-11-23(12-17-32)33-14-5-13-30-27(33)35;;/h2-4,6-9,18,22-23H,5,10-17,19H2,1H3,(H,30,35);2*1H. The lowest BCUT2D eigenvalue weighted by Gasteiger charge is -2.40. The number of piperidine rings is 1. The average molecular weight is 590 g/mol. The number of urea groups is 1. The number of hydrogen-bond acceptors (Lipinski definition) is 3. The number of nitrogens with one attached hydrogen (secondary N) is 1. The predicted molar refractivity (Wildman–Crippen MR) is 156 cm³/mol. The first-order valence-corrected chi connectivity index (χ1v) is 13.2. The third kappa shape index (κ3) is 8.39. The Bertz CT molecular complexity index is 1020. The van der Waals surface area contributed by atoms with Crippen molar-refractivity contribution in [3.8, 4) is 0 Å². The van der Waals surface area contributed by atoms with Gasteiger partial charge in [0.25, 0.3) is 5.91 Å². The molecule has 0 bridgehead atoms. The summed E-state index contributed by atoms with van der Waals surface area (Å²) in [4.78, 5) is 31.5. The third-order valence-electron chi connectivity index (χ3n) is 7.18. The highest BCUT2D eigenvalue weighted by molar-refractivity contribution is 6.42. The Morgan fingerprint density at radius 2 is 1.76 bits per heavy atom. The smallest absolute Gasteiger partial charge is 0.317 e. The number of likely N-dealkylation sites (N-methyl/N-ethyl adjacent to an activating group) is 1. The van der Waals surface area contributed by atoms with E-state index in [1.54, 1.807) is 4.90 Å². The first kappa shape index (κ1) is 31.5. The predicted octanol–water partition coefficient (Wildman–Crippen LogP) is 5.96. The van der Waals surface area contributed by atoms with Crippen LogP contribution in [0.5, 0.6) is 0 Å². The number of nitrogens with zero attached hydrogens (tertiary/aromatic N) is 3. The molecule has 2 aromatic carbocycles. The molecule has 0 aromatic heterocycles. The van der Waals surface area contributed by atoms with Gasteiger partial charge in [0.2, 0.25) is 0 Å². The van der Waals surface area contributed by atoms with Crippen molar-refractivity contribution in [1.82, 2.24) is 20.0 Å². The van der Waals surface area contributed by atoms with Crippen molar-refractivity contribution in [3.63, 3.8) is 0 Å². The Labute approximate surface area is 242 Å². The Morgan fingerprint density at radius 1 is 1.05 bits per heavy atom. The van der Waals surface area contributed by atoms with Gasteiger partial charge >= 0.3 is 6.03 Å². The summed E-state index contributed by atoms with van der Waals surface area (Å²) in [5, 5.41) is 4.04. The number of rotatable bonds is 8. The summed E-state index contributed by atoms with van der Waals surface area (Å²) in [6.07, 6.45) is 3.92. The van der Waals surface area contributed by atoms with Crippen LogP contribution in [0.3, 0.4) is 0 Å². The average Bonchev–Trinajstić information content (AvgIpc) is 2.89. The van der Waals surface area contributed by atoms with E-state index in [9.17, 15) is 9.59 Å². The van der Waals surface area contributed by atoms with Crippen molar-refractivity contribution in [3.05, 3.63) is 69.7 Å². The van der Waals surface area contributed by atoms with E-state index in [1.165, 1.54) is 0 Å². The molecule has 2 heterocycles. The molecular weight excluding hydrogens is 554 g/mol. The third-order valence-corrected chi connectivity index (χ3v) is 7.92. The van der Waals surface area contributed by atoms with E-state index in [4.69, 9.17) is 23.2 Å². The summed E-state index contributed by atoms with van der Waals surface area (Å²) in [6.45, 7) is 5.11. The van der Waals surface area contributed by atoms with Crippen molar-refractivity contribution in [1.29, 1.82) is 0 Å². The van der Waals surface area contributed by atoms with Crippen LogP contribution in [0.15, 0.2) is 48.5 Å². The maximum Gasteiger partial charge on any atom is 0.317 e. The van der Waals surface area contributed by atoms with Gasteiger partial charge in [-0.2, -0.15) is 0 Å². The molecule has 2 aromatic rings. The first-order chi connectivity index (χ1) is 16.9. The molecule has 2 aliphatic heterocycles. The summed E-state index contributed by atoms with van der Waals surface area (Å²) in [5.74, 6) is 0.143. The number of hydrogen-bond donors (Lipinski definition) is 1. The second-order valence-corrected chi connectivity index (χ2v) is 10.4. The van der Waals surface area contributed by atoms with E-state index in [2.05, 4.69) is 10.2 Å². The van der Waals surface area contributed by atoms with Crippen molar-refractivity contribution >= 4 is 60.0 Å². The quantitative estimate of drug-likeness (QED) is 0.413. The van der Waals surface area contributed by atoms with Gasteiger partial charge in [-0.3, -0.25) is 4.79 Å². The number of carbonyl (C=O) groups excluding carboxylic acids is 2. The van der Waals surface area contributed by atoms with Crippen molar-refractivity contribution in [2.45, 2.75) is 37.6 Å². The zero-order valence-electron chi connectivity index (χ0n) is 21.1. The van der Waals surface area contributed by atoms with Gasteiger partial charge in [0, 0.05) is 57.3 Å². The molecule has 204 valence electrons. The van der Waals surface area contributed by atoms with Crippen LogP contribution >= 0.6 is 48.0 Å². The van der Waals surface area contributed by atoms with E-state index >= 15 is 0 Å². The topological polar surface area (TPSA) is 55.9 Å². The lowest BCUT2D eigenvalue weighted by Crippen LogP contribution is -2.54. The molecule has 37 heavy (non-hydrogen) atoms. The first-order valence-electron chi connectivity index (χ1n) is 12.4. The largest absolute Gasteiger partial charge is 0.341 e. The van der Waals surface area contributed by atoms with Crippen molar-refractivity contribution < 1.29 is 9.59 Å². The Hall–Kier alpha value is -1.70. The molecule has 1 N–H and O–H groups in total. The van der Waals surface area contributed by atoms with Gasteiger partial charge in [-0.25, -0.2) is 4.79 Å². The summed E-state index contributed by atoms with van der Waals surface area (Å²) in [7, 11) is 1.86. The molecular formula is C27H36Cl4N4O2. The highest BCUT2D eigenvalue weighted by Gasteiger charge is 2.30. The van der Waals surface area contributed by atoms with Gasteiger partial charge in [0.1, 0.15) is 0 Å². The van der Waals surface area contributed by atoms with Gasteiger partial charge in [-0.05, 0) is 62.1 Å². The normalized spacial score (nSPS) is 17.3. The second kappa shape index (κ2) is 15.0. The van der Waals surface area contributed by atoms with Crippen LogP contribution in [-0.4, -0.2) is 79.0 Å². The van der Waals surface area contributed by atoms with Gasteiger partial charge in [0.15, 0.2) is 0 Å². The number of carbonyl (C=O) groups is 2. The zero-order valence-corrected chi connectivity index (χ0v) is 24.2. The number of amides is 3. The molecule has 0 spiro atoms. The molecule has 2 fully saturated rings. The Morgan fingerprint density at radius 3 is 2.41 bits per heavy atom. The second-order valence-electron chi connectivity index (χ2n) is 9.56. The van der Waals surface area contributed by atoms with Crippen molar-refractivity contribution in [2.24, 2.45) is 0 Å². The van der Waals surface area contributed by atoms with Crippen LogP contribution in [0, 0.1) is 0 Å². The molecule has 4 rings (SSSR count). The number of benzene rings is 2. The molecule has 1 unspecified atom stereocenters. The SMILES string of the molecule is CN(CC(CCN1CCC(N2CCCNC2=O)CC1)c1ccc(Cl)c(Cl)c1)C(=O)c1ccccc1.Cl.Cl. The minimum absolute atomic E-state index is 0. The van der Waals surface area contributed by atoms with E-state index in [1.807, 2.05) is 60.5 Å². The van der Waals surface area contributed by atoms with Crippen LogP contribution < -0.4 is 5.32 Å². The van der Waals surface area contributed by atoms with Gasteiger partial charge in [-0.1, -0.05) is 47.5 Å².